The molecule has 5 heteroatoms. The first-order valence-corrected chi connectivity index (χ1v) is 9.55. The summed E-state index contributed by atoms with van der Waals surface area (Å²) in [7, 11) is 0. The Morgan fingerprint density at radius 3 is 2.81 bits per heavy atom. The molecule has 2 aromatic rings. The number of nitrogens with one attached hydrogen (secondary N) is 1. The number of nitrogens with two attached hydrogens (primary N) is 1. The molecule has 2 atom stereocenters. The number of benzene rings is 1. The molecule has 4 N–H and O–H groups in total. The summed E-state index contributed by atoms with van der Waals surface area (Å²) in [6.45, 7) is 4.59. The van der Waals surface area contributed by atoms with Gasteiger partial charge in [0.15, 0.2) is 0 Å². The van der Waals surface area contributed by atoms with E-state index in [9.17, 15) is 9.50 Å². The van der Waals surface area contributed by atoms with Gasteiger partial charge in [0.2, 0.25) is 0 Å². The first-order valence-electron chi connectivity index (χ1n) is 9.55. The molecule has 0 radical (unpaired) electrons. The zero-order valence-electron chi connectivity index (χ0n) is 16.0. The highest BCUT2D eigenvalue weighted by atomic mass is 19.1. The maximum Gasteiger partial charge on any atom is 0.123 e. The predicted molar refractivity (Wildman–Crippen MR) is 106 cm³/mol. The molecule has 3 rings (SSSR count). The molecule has 27 heavy (non-hydrogen) atoms. The van der Waals surface area contributed by atoms with Gasteiger partial charge >= 0.3 is 0 Å². The van der Waals surface area contributed by atoms with E-state index in [2.05, 4.69) is 10.3 Å². The molecule has 1 aromatic heterocycles. The molecular formula is C22H28FN3O. The molecule has 4 nitrogen and oxygen atoms in total. The van der Waals surface area contributed by atoms with Crippen LogP contribution in [0.3, 0.4) is 0 Å². The van der Waals surface area contributed by atoms with Crippen molar-refractivity contribution in [1.29, 1.82) is 0 Å². The Morgan fingerprint density at radius 1 is 1.37 bits per heavy atom. The predicted octanol–water partition coefficient (Wildman–Crippen LogP) is 3.71. The summed E-state index contributed by atoms with van der Waals surface area (Å²) in [4.78, 5) is 4.53. The van der Waals surface area contributed by atoms with Gasteiger partial charge in [0.1, 0.15) is 5.82 Å². The summed E-state index contributed by atoms with van der Waals surface area (Å²) in [6, 6.07) is 8.27. The first-order chi connectivity index (χ1) is 13.0. The van der Waals surface area contributed by atoms with E-state index >= 15 is 0 Å². The molecule has 0 spiro atoms. The van der Waals surface area contributed by atoms with Crippen LogP contribution in [0.1, 0.15) is 43.9 Å². The summed E-state index contributed by atoms with van der Waals surface area (Å²) in [5.41, 5.74) is 10.3. The van der Waals surface area contributed by atoms with Gasteiger partial charge in [-0.15, -0.1) is 0 Å². The molecule has 1 fully saturated rings. The van der Waals surface area contributed by atoms with Crippen LogP contribution in [0.5, 0.6) is 0 Å². The van der Waals surface area contributed by atoms with E-state index < -0.39 is 6.10 Å². The maximum atomic E-state index is 13.7. The number of hydrogen-bond acceptors (Lipinski definition) is 4. The number of rotatable bonds is 8. The van der Waals surface area contributed by atoms with Gasteiger partial charge < -0.3 is 16.2 Å². The van der Waals surface area contributed by atoms with Crippen molar-refractivity contribution in [2.75, 3.05) is 6.54 Å². The Balaban J connectivity index is 1.91. The summed E-state index contributed by atoms with van der Waals surface area (Å²) >= 11 is 0. The molecule has 1 heterocycles. The highest BCUT2D eigenvalue weighted by Crippen LogP contribution is 2.31. The van der Waals surface area contributed by atoms with Gasteiger partial charge in [-0.3, -0.25) is 4.98 Å². The summed E-state index contributed by atoms with van der Waals surface area (Å²) < 4.78 is 13.7. The summed E-state index contributed by atoms with van der Waals surface area (Å²) in [5, 5.41) is 13.5. The van der Waals surface area contributed by atoms with Crippen molar-refractivity contribution in [3.8, 4) is 11.3 Å². The van der Waals surface area contributed by atoms with Gasteiger partial charge in [0.05, 0.1) is 11.8 Å². The van der Waals surface area contributed by atoms with Crippen molar-refractivity contribution in [2.45, 2.75) is 45.3 Å². The quantitative estimate of drug-likeness (QED) is 0.663. The van der Waals surface area contributed by atoms with Gasteiger partial charge in [0.25, 0.3) is 0 Å². The van der Waals surface area contributed by atoms with Crippen LogP contribution in [0.2, 0.25) is 0 Å². The molecule has 1 unspecified atom stereocenters. The van der Waals surface area contributed by atoms with Crippen LogP contribution in [-0.2, 0) is 6.42 Å². The molecule has 1 aliphatic rings. The minimum absolute atomic E-state index is 0.0887. The van der Waals surface area contributed by atoms with Crippen LogP contribution in [0.15, 0.2) is 48.3 Å². The number of aromatic nitrogens is 1. The third kappa shape index (κ3) is 5.15. The zero-order valence-corrected chi connectivity index (χ0v) is 16.0. The highest BCUT2D eigenvalue weighted by molar-refractivity contribution is 5.68. The topological polar surface area (TPSA) is 71.2 Å². The second-order valence-corrected chi connectivity index (χ2v) is 7.46. The molecule has 0 amide bonds. The highest BCUT2D eigenvalue weighted by Gasteiger charge is 2.20. The second-order valence-electron chi connectivity index (χ2n) is 7.46. The number of nitrogens with zero attached hydrogens (tertiary/aromatic N) is 1. The van der Waals surface area contributed by atoms with Gasteiger partial charge in [-0.25, -0.2) is 4.39 Å². The fraction of sp³-hybridized carbons (Fsp3) is 0.409. The van der Waals surface area contributed by atoms with Crippen molar-refractivity contribution in [3.05, 3.63) is 65.2 Å². The largest absolute Gasteiger partial charge is 0.391 e. The smallest absolute Gasteiger partial charge is 0.123 e. The molecule has 0 aliphatic heterocycles. The molecule has 1 aromatic carbocycles. The lowest BCUT2D eigenvalue weighted by Gasteiger charge is -2.17. The van der Waals surface area contributed by atoms with E-state index in [1.54, 1.807) is 19.2 Å². The molecule has 1 aliphatic carbocycles. The SMILES string of the molecule is CC(N)/C(=C\NCC1CC1)Cc1cccnc1-c1ccc(F)cc1[C@@H](C)O. The van der Waals surface area contributed by atoms with Crippen LogP contribution in [-0.4, -0.2) is 22.7 Å². The molecule has 1 saturated carbocycles. The van der Waals surface area contributed by atoms with Gasteiger partial charge in [0, 0.05) is 24.3 Å². The minimum Gasteiger partial charge on any atom is -0.391 e. The van der Waals surface area contributed by atoms with Crippen molar-refractivity contribution >= 4 is 0 Å². The zero-order chi connectivity index (χ0) is 19.4. The lowest BCUT2D eigenvalue weighted by atomic mass is 9.93. The number of aliphatic hydroxyl groups is 1. The number of hydrogen-bond donors (Lipinski definition) is 3. The van der Waals surface area contributed by atoms with E-state index in [0.29, 0.717) is 12.0 Å². The Hall–Kier alpha value is -2.24. The van der Waals surface area contributed by atoms with Gasteiger partial charge in [-0.1, -0.05) is 6.07 Å². The second kappa shape index (κ2) is 8.63. The third-order valence-corrected chi connectivity index (χ3v) is 4.98. The Bertz CT molecular complexity index is 813. The fourth-order valence-corrected chi connectivity index (χ4v) is 3.16. The number of aliphatic hydroxyl groups excluding tert-OH is 1. The summed E-state index contributed by atoms with van der Waals surface area (Å²) in [5.74, 6) is 0.421. The van der Waals surface area contributed by atoms with Crippen molar-refractivity contribution in [2.24, 2.45) is 11.7 Å². The Kier molecular flexibility index (Phi) is 6.24. The normalized spacial score (nSPS) is 16.9. The molecule has 144 valence electrons. The Labute approximate surface area is 160 Å². The van der Waals surface area contributed by atoms with Gasteiger partial charge in [-0.05, 0) is 86.2 Å². The minimum atomic E-state index is -0.783. The number of pyridine rings is 1. The Morgan fingerprint density at radius 2 is 2.15 bits per heavy atom. The lowest BCUT2D eigenvalue weighted by Crippen LogP contribution is -2.23. The lowest BCUT2D eigenvalue weighted by molar-refractivity contribution is 0.199. The van der Waals surface area contributed by atoms with Crippen molar-refractivity contribution in [1.82, 2.24) is 10.3 Å². The van der Waals surface area contributed by atoms with Crippen molar-refractivity contribution < 1.29 is 9.50 Å². The molecular weight excluding hydrogens is 341 g/mol. The van der Waals surface area contributed by atoms with E-state index in [0.717, 1.165) is 34.9 Å². The van der Waals surface area contributed by atoms with Gasteiger partial charge in [-0.2, -0.15) is 0 Å². The standard InChI is InChI=1S/C22H28FN3O/c1-14(24)18(13-25-12-16-5-6-16)10-17-4-3-9-26-22(17)20-8-7-19(23)11-21(20)15(2)27/h3-4,7-9,11,13-16,25,27H,5-6,10,12,24H2,1-2H3/b18-13-/t14?,15-/m1/s1. The molecule has 0 saturated heterocycles. The van der Waals surface area contributed by atoms with Crippen LogP contribution in [0, 0.1) is 11.7 Å². The maximum absolute atomic E-state index is 13.7. The van der Waals surface area contributed by atoms with Crippen LogP contribution >= 0.6 is 0 Å². The first kappa shape index (κ1) is 19.5. The average Bonchev–Trinajstić information content (AvgIpc) is 3.45. The third-order valence-electron chi connectivity index (χ3n) is 4.98. The van der Waals surface area contributed by atoms with E-state index in [1.165, 1.54) is 25.0 Å². The fourth-order valence-electron chi connectivity index (χ4n) is 3.16. The van der Waals surface area contributed by atoms with E-state index in [1.807, 2.05) is 25.3 Å². The van der Waals surface area contributed by atoms with Crippen LogP contribution in [0.25, 0.3) is 11.3 Å². The number of halogens is 1. The van der Waals surface area contributed by atoms with Crippen LogP contribution < -0.4 is 11.1 Å². The van der Waals surface area contributed by atoms with Crippen molar-refractivity contribution in [3.63, 3.8) is 0 Å². The summed E-state index contributed by atoms with van der Waals surface area (Å²) in [6.07, 6.45) is 6.21. The average molecular weight is 369 g/mol. The van der Waals surface area contributed by atoms with Crippen LogP contribution in [0.4, 0.5) is 4.39 Å². The monoisotopic (exact) mass is 369 g/mol. The van der Waals surface area contributed by atoms with E-state index in [-0.39, 0.29) is 11.9 Å². The molecule has 0 bridgehead atoms. The van der Waals surface area contributed by atoms with E-state index in [4.69, 9.17) is 5.73 Å².